The van der Waals surface area contributed by atoms with Crippen molar-refractivity contribution in [3.05, 3.63) is 18.7 Å². The average molecular weight is 451 g/mol. The lowest BCUT2D eigenvalue weighted by molar-refractivity contribution is -0.161. The number of aromatic nitrogens is 2. The number of rotatable bonds is 20. The zero-order valence-corrected chi connectivity index (χ0v) is 20.7. The molecule has 1 aromatic heterocycles. The van der Waals surface area contributed by atoms with Crippen LogP contribution in [0.2, 0.25) is 0 Å². The van der Waals surface area contributed by atoms with Gasteiger partial charge in [0.15, 0.2) is 5.92 Å². The van der Waals surface area contributed by atoms with E-state index in [-0.39, 0.29) is 13.2 Å². The van der Waals surface area contributed by atoms with Crippen LogP contribution >= 0.6 is 0 Å². The van der Waals surface area contributed by atoms with Gasteiger partial charge in [-0.05, 0) is 33.1 Å². The maximum atomic E-state index is 12.0. The summed E-state index contributed by atoms with van der Waals surface area (Å²) in [5.41, 5.74) is 0. The summed E-state index contributed by atoms with van der Waals surface area (Å²) in [6.45, 7) is 6.34. The molecular formula is C26H46N2O4. The van der Waals surface area contributed by atoms with Crippen LogP contribution in [0.3, 0.4) is 0 Å². The van der Waals surface area contributed by atoms with Gasteiger partial charge in [-0.1, -0.05) is 77.6 Å². The average Bonchev–Trinajstić information content (AvgIpc) is 3.31. The number of ether oxygens (including phenoxy) is 2. The van der Waals surface area contributed by atoms with Crippen LogP contribution in [0.4, 0.5) is 0 Å². The van der Waals surface area contributed by atoms with E-state index in [9.17, 15) is 9.59 Å². The lowest BCUT2D eigenvalue weighted by Crippen LogP contribution is -2.28. The van der Waals surface area contributed by atoms with Gasteiger partial charge in [0.05, 0.1) is 19.5 Å². The quantitative estimate of drug-likeness (QED) is 0.126. The molecule has 0 amide bonds. The molecule has 184 valence electrons. The molecule has 0 aromatic carbocycles. The Morgan fingerprint density at radius 1 is 0.750 bits per heavy atom. The van der Waals surface area contributed by atoms with E-state index in [1.54, 1.807) is 13.8 Å². The van der Waals surface area contributed by atoms with Crippen molar-refractivity contribution in [1.29, 1.82) is 0 Å². The summed E-state index contributed by atoms with van der Waals surface area (Å²) in [4.78, 5) is 28.2. The van der Waals surface area contributed by atoms with Crippen LogP contribution in [-0.4, -0.2) is 34.7 Å². The number of carbonyl (C=O) groups excluding carboxylic acids is 2. The molecule has 0 saturated heterocycles. The van der Waals surface area contributed by atoms with Crippen molar-refractivity contribution in [2.45, 2.75) is 117 Å². The molecule has 0 aliphatic carbocycles. The first kappa shape index (κ1) is 28.2. The number of esters is 2. The molecule has 1 atom stereocenters. The fraction of sp³-hybridized carbons (Fsp3) is 0.808. The third-order valence-corrected chi connectivity index (χ3v) is 6.01. The minimum absolute atomic E-state index is 0.289. The second-order valence-corrected chi connectivity index (χ2v) is 8.62. The Morgan fingerprint density at radius 2 is 1.25 bits per heavy atom. The van der Waals surface area contributed by atoms with Crippen molar-refractivity contribution in [1.82, 2.24) is 9.55 Å². The molecule has 1 aromatic rings. The largest absolute Gasteiger partial charge is 0.465 e. The monoisotopic (exact) mass is 450 g/mol. The minimum atomic E-state index is -0.765. The van der Waals surface area contributed by atoms with Crippen molar-refractivity contribution in [3.8, 4) is 0 Å². The zero-order valence-electron chi connectivity index (χ0n) is 20.7. The molecule has 0 aliphatic rings. The molecule has 32 heavy (non-hydrogen) atoms. The van der Waals surface area contributed by atoms with Gasteiger partial charge >= 0.3 is 11.9 Å². The van der Waals surface area contributed by atoms with E-state index in [2.05, 4.69) is 22.7 Å². The maximum absolute atomic E-state index is 12.0. The highest BCUT2D eigenvalue weighted by atomic mass is 16.6. The number of carbonyl (C=O) groups is 2. The van der Waals surface area contributed by atoms with E-state index in [4.69, 9.17) is 9.47 Å². The predicted octanol–water partition coefficient (Wildman–Crippen LogP) is 6.65. The van der Waals surface area contributed by atoms with Crippen LogP contribution in [-0.2, 0) is 19.1 Å². The standard InChI is InChI=1S/C26H46N2O4/c1-4-7-17-23(28-21-20-27-22-28)18-15-13-11-9-8-10-12-14-16-19-24(25(29)31-5-2)26(30)32-6-3/h20-24H,4-19H2,1-3H3. The summed E-state index contributed by atoms with van der Waals surface area (Å²) in [6.07, 6.45) is 22.2. The maximum Gasteiger partial charge on any atom is 0.320 e. The Kier molecular flexibility index (Phi) is 16.5. The van der Waals surface area contributed by atoms with Gasteiger partial charge in [0.25, 0.3) is 0 Å². The van der Waals surface area contributed by atoms with E-state index >= 15 is 0 Å². The van der Waals surface area contributed by atoms with E-state index in [1.165, 1.54) is 64.2 Å². The van der Waals surface area contributed by atoms with Crippen LogP contribution in [0.5, 0.6) is 0 Å². The van der Waals surface area contributed by atoms with Gasteiger partial charge in [-0.25, -0.2) is 4.98 Å². The summed E-state index contributed by atoms with van der Waals surface area (Å²) < 4.78 is 12.3. The van der Waals surface area contributed by atoms with Crippen LogP contribution in [0.15, 0.2) is 18.7 Å². The number of hydrogen-bond acceptors (Lipinski definition) is 5. The topological polar surface area (TPSA) is 70.4 Å². The molecule has 0 N–H and O–H groups in total. The van der Waals surface area contributed by atoms with Crippen molar-refractivity contribution >= 4 is 11.9 Å². The molecule has 1 heterocycles. The highest BCUT2D eigenvalue weighted by Crippen LogP contribution is 2.23. The zero-order chi connectivity index (χ0) is 23.4. The lowest BCUT2D eigenvalue weighted by Gasteiger charge is -2.18. The Labute approximate surface area is 195 Å². The first-order valence-electron chi connectivity index (χ1n) is 12.9. The Morgan fingerprint density at radius 3 is 1.72 bits per heavy atom. The van der Waals surface area contributed by atoms with E-state index in [1.807, 2.05) is 12.5 Å². The molecule has 0 saturated carbocycles. The molecule has 1 unspecified atom stereocenters. The second-order valence-electron chi connectivity index (χ2n) is 8.62. The van der Waals surface area contributed by atoms with Gasteiger partial charge < -0.3 is 14.0 Å². The van der Waals surface area contributed by atoms with Crippen molar-refractivity contribution in [2.75, 3.05) is 13.2 Å². The molecule has 6 nitrogen and oxygen atoms in total. The van der Waals surface area contributed by atoms with E-state index in [0.717, 1.165) is 19.3 Å². The molecule has 0 fully saturated rings. The second kappa shape index (κ2) is 18.7. The first-order chi connectivity index (χ1) is 15.6. The van der Waals surface area contributed by atoms with Crippen LogP contribution in [0, 0.1) is 5.92 Å². The molecule has 0 aliphatic heterocycles. The predicted molar refractivity (Wildman–Crippen MR) is 128 cm³/mol. The SMILES string of the molecule is CCCCC(CCCCCCCCCCCC(C(=O)OCC)C(=O)OCC)n1ccnc1. The summed E-state index contributed by atoms with van der Waals surface area (Å²) in [6, 6.07) is 0.602. The Bertz CT molecular complexity index is 571. The van der Waals surface area contributed by atoms with Crippen molar-refractivity contribution in [3.63, 3.8) is 0 Å². The minimum Gasteiger partial charge on any atom is -0.465 e. The third-order valence-electron chi connectivity index (χ3n) is 6.01. The lowest BCUT2D eigenvalue weighted by atomic mass is 9.99. The van der Waals surface area contributed by atoms with Crippen molar-refractivity contribution < 1.29 is 19.1 Å². The van der Waals surface area contributed by atoms with Gasteiger partial charge in [0, 0.05) is 18.4 Å². The Hall–Kier alpha value is -1.85. The fourth-order valence-electron chi connectivity index (χ4n) is 4.15. The highest BCUT2D eigenvalue weighted by molar-refractivity contribution is 5.94. The summed E-state index contributed by atoms with van der Waals surface area (Å²) >= 11 is 0. The van der Waals surface area contributed by atoms with Crippen LogP contribution < -0.4 is 0 Å². The third kappa shape index (κ3) is 12.3. The number of hydrogen-bond donors (Lipinski definition) is 0. The molecular weight excluding hydrogens is 404 g/mol. The van der Waals surface area contributed by atoms with E-state index < -0.39 is 17.9 Å². The normalized spacial score (nSPS) is 12.1. The highest BCUT2D eigenvalue weighted by Gasteiger charge is 2.28. The van der Waals surface area contributed by atoms with Gasteiger partial charge in [-0.15, -0.1) is 0 Å². The molecule has 0 bridgehead atoms. The van der Waals surface area contributed by atoms with Crippen molar-refractivity contribution in [2.24, 2.45) is 5.92 Å². The Balaban J connectivity index is 2.08. The summed E-state index contributed by atoms with van der Waals surface area (Å²) in [5.74, 6) is -1.66. The summed E-state index contributed by atoms with van der Waals surface area (Å²) in [7, 11) is 0. The molecule has 0 spiro atoms. The van der Waals surface area contributed by atoms with Gasteiger partial charge in [0.2, 0.25) is 0 Å². The van der Waals surface area contributed by atoms with Crippen LogP contribution in [0.1, 0.15) is 117 Å². The van der Waals surface area contributed by atoms with Gasteiger partial charge in [0.1, 0.15) is 0 Å². The summed E-state index contributed by atoms with van der Waals surface area (Å²) in [5, 5.41) is 0. The van der Waals surface area contributed by atoms with Gasteiger partial charge in [-0.3, -0.25) is 9.59 Å². The molecule has 0 radical (unpaired) electrons. The molecule has 6 heteroatoms. The smallest absolute Gasteiger partial charge is 0.320 e. The molecule has 1 rings (SSSR count). The van der Waals surface area contributed by atoms with Crippen LogP contribution in [0.25, 0.3) is 0 Å². The van der Waals surface area contributed by atoms with Gasteiger partial charge in [-0.2, -0.15) is 0 Å². The van der Waals surface area contributed by atoms with E-state index in [0.29, 0.717) is 12.5 Å². The number of imidazole rings is 1. The number of unbranched alkanes of at least 4 members (excludes halogenated alkanes) is 9. The fourth-order valence-corrected chi connectivity index (χ4v) is 4.15. The first-order valence-corrected chi connectivity index (χ1v) is 12.9. The number of nitrogens with zero attached hydrogens (tertiary/aromatic N) is 2.